The van der Waals surface area contributed by atoms with Crippen molar-refractivity contribution < 1.29 is 4.74 Å². The summed E-state index contributed by atoms with van der Waals surface area (Å²) >= 11 is 6.10. The van der Waals surface area contributed by atoms with Gasteiger partial charge in [0, 0.05) is 0 Å². The fourth-order valence-corrected chi connectivity index (χ4v) is 1.85. The summed E-state index contributed by atoms with van der Waals surface area (Å²) in [6.45, 7) is 6.33. The quantitative estimate of drug-likeness (QED) is 0.921. The zero-order chi connectivity index (χ0) is 13.8. The Hall–Kier alpha value is -1.81. The van der Waals surface area contributed by atoms with Crippen LogP contribution >= 0.6 is 11.6 Å². The molecule has 0 saturated heterocycles. The summed E-state index contributed by atoms with van der Waals surface area (Å²) in [5, 5.41) is 3.52. The maximum Gasteiger partial charge on any atom is 0.172 e. The van der Waals surface area contributed by atoms with E-state index < -0.39 is 0 Å². The van der Waals surface area contributed by atoms with Crippen LogP contribution in [-0.2, 0) is 0 Å². The van der Waals surface area contributed by atoms with Crippen molar-refractivity contribution in [3.63, 3.8) is 0 Å². The first-order valence-corrected chi connectivity index (χ1v) is 6.49. The molecular formula is C14H16ClN3O. The van der Waals surface area contributed by atoms with Crippen molar-refractivity contribution in [3.05, 3.63) is 40.8 Å². The third-order valence-corrected chi connectivity index (χ3v) is 2.97. The second kappa shape index (κ2) is 5.89. The Labute approximate surface area is 117 Å². The SMILES string of the molecule is CCOc1ccccc1Nc1nc(C)c(C)nc1Cl. The van der Waals surface area contributed by atoms with E-state index in [4.69, 9.17) is 16.3 Å². The van der Waals surface area contributed by atoms with E-state index >= 15 is 0 Å². The Morgan fingerprint density at radius 3 is 2.58 bits per heavy atom. The van der Waals surface area contributed by atoms with E-state index in [9.17, 15) is 0 Å². The summed E-state index contributed by atoms with van der Waals surface area (Å²) in [6.07, 6.45) is 0. The van der Waals surface area contributed by atoms with Gasteiger partial charge in [0.1, 0.15) is 5.75 Å². The molecule has 100 valence electrons. The van der Waals surface area contributed by atoms with Crippen LogP contribution in [0.2, 0.25) is 5.15 Å². The Bertz CT molecular complexity index is 587. The third-order valence-electron chi connectivity index (χ3n) is 2.70. The van der Waals surface area contributed by atoms with E-state index in [1.165, 1.54) is 0 Å². The van der Waals surface area contributed by atoms with Gasteiger partial charge in [-0.1, -0.05) is 23.7 Å². The highest BCUT2D eigenvalue weighted by Gasteiger charge is 2.09. The van der Waals surface area contributed by atoms with Gasteiger partial charge in [-0.2, -0.15) is 0 Å². The first kappa shape index (κ1) is 13.6. The first-order valence-electron chi connectivity index (χ1n) is 6.11. The lowest BCUT2D eigenvalue weighted by Crippen LogP contribution is -2.02. The van der Waals surface area contributed by atoms with E-state index in [0.717, 1.165) is 22.8 Å². The normalized spacial score (nSPS) is 10.3. The molecule has 1 aromatic heterocycles. The van der Waals surface area contributed by atoms with Crippen molar-refractivity contribution in [2.24, 2.45) is 0 Å². The Morgan fingerprint density at radius 2 is 1.84 bits per heavy atom. The van der Waals surface area contributed by atoms with E-state index in [2.05, 4.69) is 15.3 Å². The highest BCUT2D eigenvalue weighted by molar-refractivity contribution is 6.31. The van der Waals surface area contributed by atoms with Crippen LogP contribution in [0.4, 0.5) is 11.5 Å². The summed E-state index contributed by atoms with van der Waals surface area (Å²) in [5.41, 5.74) is 2.50. The highest BCUT2D eigenvalue weighted by atomic mass is 35.5. The molecule has 0 aliphatic rings. The van der Waals surface area contributed by atoms with Gasteiger partial charge in [0.15, 0.2) is 11.0 Å². The average Bonchev–Trinajstić information content (AvgIpc) is 2.38. The number of aryl methyl sites for hydroxylation is 2. The molecule has 0 radical (unpaired) electrons. The van der Waals surface area contributed by atoms with Crippen molar-refractivity contribution in [3.8, 4) is 5.75 Å². The van der Waals surface area contributed by atoms with E-state index in [-0.39, 0.29) is 0 Å². The molecule has 2 rings (SSSR count). The number of ether oxygens (including phenoxy) is 1. The number of hydrogen-bond donors (Lipinski definition) is 1. The number of para-hydroxylation sites is 2. The van der Waals surface area contributed by atoms with Crippen LogP contribution in [0, 0.1) is 13.8 Å². The first-order chi connectivity index (χ1) is 9.11. The van der Waals surface area contributed by atoms with Crippen LogP contribution in [0.5, 0.6) is 5.75 Å². The van der Waals surface area contributed by atoms with Gasteiger partial charge in [0.05, 0.1) is 23.7 Å². The maximum atomic E-state index is 6.10. The molecule has 2 aromatic rings. The molecule has 19 heavy (non-hydrogen) atoms. The molecule has 0 aliphatic heterocycles. The summed E-state index contributed by atoms with van der Waals surface area (Å²) in [4.78, 5) is 8.65. The van der Waals surface area contributed by atoms with Gasteiger partial charge in [-0.3, -0.25) is 0 Å². The second-order valence-corrected chi connectivity index (χ2v) is 4.45. The van der Waals surface area contributed by atoms with E-state index in [1.807, 2.05) is 45.0 Å². The molecule has 0 atom stereocenters. The topological polar surface area (TPSA) is 47.0 Å². The van der Waals surface area contributed by atoms with Crippen molar-refractivity contribution in [1.82, 2.24) is 9.97 Å². The minimum atomic E-state index is 0.356. The largest absolute Gasteiger partial charge is 0.492 e. The highest BCUT2D eigenvalue weighted by Crippen LogP contribution is 2.29. The van der Waals surface area contributed by atoms with Crippen molar-refractivity contribution >= 4 is 23.1 Å². The lowest BCUT2D eigenvalue weighted by molar-refractivity contribution is 0.342. The second-order valence-electron chi connectivity index (χ2n) is 4.09. The van der Waals surface area contributed by atoms with Crippen LogP contribution in [0.15, 0.2) is 24.3 Å². The molecular weight excluding hydrogens is 262 g/mol. The molecule has 4 nitrogen and oxygen atoms in total. The molecule has 5 heteroatoms. The molecule has 0 saturated carbocycles. The third kappa shape index (κ3) is 3.15. The number of hydrogen-bond acceptors (Lipinski definition) is 4. The lowest BCUT2D eigenvalue weighted by Gasteiger charge is -2.13. The van der Waals surface area contributed by atoms with Crippen LogP contribution < -0.4 is 10.1 Å². The average molecular weight is 278 g/mol. The molecule has 0 amide bonds. The summed E-state index contributed by atoms with van der Waals surface area (Å²) < 4.78 is 5.55. The monoisotopic (exact) mass is 277 g/mol. The van der Waals surface area contributed by atoms with Crippen LogP contribution in [0.1, 0.15) is 18.3 Å². The van der Waals surface area contributed by atoms with Gasteiger partial charge >= 0.3 is 0 Å². The Morgan fingerprint density at radius 1 is 1.16 bits per heavy atom. The number of benzene rings is 1. The zero-order valence-corrected chi connectivity index (χ0v) is 12.0. The number of anilines is 2. The standard InChI is InChI=1S/C14H16ClN3O/c1-4-19-12-8-6-5-7-11(12)18-14-13(15)16-9(2)10(3)17-14/h5-8H,4H2,1-3H3,(H,17,18). The molecule has 0 fully saturated rings. The van der Waals surface area contributed by atoms with E-state index in [0.29, 0.717) is 17.6 Å². The molecule has 1 N–H and O–H groups in total. The van der Waals surface area contributed by atoms with Gasteiger partial charge in [0.2, 0.25) is 0 Å². The maximum absolute atomic E-state index is 6.10. The van der Waals surface area contributed by atoms with Gasteiger partial charge in [-0.25, -0.2) is 9.97 Å². The van der Waals surface area contributed by atoms with Gasteiger partial charge in [-0.05, 0) is 32.9 Å². The van der Waals surface area contributed by atoms with Gasteiger partial charge in [-0.15, -0.1) is 0 Å². The molecule has 1 aromatic carbocycles. The Kier molecular flexibility index (Phi) is 4.22. The summed E-state index contributed by atoms with van der Waals surface area (Å²) in [5.74, 6) is 1.30. The Balaban J connectivity index is 2.33. The number of aromatic nitrogens is 2. The fourth-order valence-electron chi connectivity index (χ4n) is 1.63. The van der Waals surface area contributed by atoms with Crippen LogP contribution in [0.3, 0.4) is 0 Å². The lowest BCUT2D eigenvalue weighted by atomic mass is 10.3. The summed E-state index contributed by atoms with van der Waals surface area (Å²) in [7, 11) is 0. The van der Waals surface area contributed by atoms with Gasteiger partial charge < -0.3 is 10.1 Å². The summed E-state index contributed by atoms with van der Waals surface area (Å²) in [6, 6.07) is 7.66. The van der Waals surface area contributed by atoms with Crippen molar-refractivity contribution in [2.45, 2.75) is 20.8 Å². The molecule has 0 unspecified atom stereocenters. The predicted octanol–water partition coefficient (Wildman–Crippen LogP) is 3.89. The zero-order valence-electron chi connectivity index (χ0n) is 11.2. The van der Waals surface area contributed by atoms with Crippen molar-refractivity contribution in [2.75, 3.05) is 11.9 Å². The number of nitrogens with one attached hydrogen (secondary N) is 1. The minimum Gasteiger partial charge on any atom is -0.492 e. The molecule has 0 aliphatic carbocycles. The van der Waals surface area contributed by atoms with Crippen LogP contribution in [0.25, 0.3) is 0 Å². The number of rotatable bonds is 4. The smallest absolute Gasteiger partial charge is 0.172 e. The number of halogens is 1. The predicted molar refractivity (Wildman–Crippen MR) is 77.4 cm³/mol. The molecule has 1 heterocycles. The van der Waals surface area contributed by atoms with Crippen molar-refractivity contribution in [1.29, 1.82) is 0 Å². The van der Waals surface area contributed by atoms with Crippen LogP contribution in [-0.4, -0.2) is 16.6 Å². The molecule has 0 bridgehead atoms. The molecule has 0 spiro atoms. The number of nitrogens with zero attached hydrogens (tertiary/aromatic N) is 2. The van der Waals surface area contributed by atoms with E-state index in [1.54, 1.807) is 0 Å². The van der Waals surface area contributed by atoms with Gasteiger partial charge in [0.25, 0.3) is 0 Å². The minimum absolute atomic E-state index is 0.356. The fraction of sp³-hybridized carbons (Fsp3) is 0.286.